The van der Waals surface area contributed by atoms with Gasteiger partial charge in [0.1, 0.15) is 15.9 Å². The number of para-hydroxylation sites is 1. The molecule has 0 aliphatic carbocycles. The third kappa shape index (κ3) is 4.03. The number of esters is 2. The third-order valence-corrected chi connectivity index (χ3v) is 8.98. The zero-order chi connectivity index (χ0) is 23.9. The molecule has 1 aromatic carbocycles. The Morgan fingerprint density at radius 2 is 1.70 bits per heavy atom. The van der Waals surface area contributed by atoms with Gasteiger partial charge in [0.2, 0.25) is 0 Å². The van der Waals surface area contributed by atoms with Gasteiger partial charge in [0.05, 0.1) is 34.5 Å². The van der Waals surface area contributed by atoms with E-state index < -0.39 is 23.6 Å². The molecule has 4 rings (SSSR count). The molecular formula is C23H23NO6S3. The van der Waals surface area contributed by atoms with Crippen LogP contribution in [0.15, 0.2) is 38.3 Å². The van der Waals surface area contributed by atoms with E-state index in [-0.39, 0.29) is 15.7 Å². The van der Waals surface area contributed by atoms with Crippen molar-refractivity contribution in [3.63, 3.8) is 0 Å². The summed E-state index contributed by atoms with van der Waals surface area (Å²) in [6, 6.07) is 7.51. The van der Waals surface area contributed by atoms with E-state index in [1.807, 2.05) is 38.1 Å². The molecule has 0 spiro atoms. The van der Waals surface area contributed by atoms with E-state index in [1.165, 1.54) is 14.2 Å². The minimum atomic E-state index is -0.838. The van der Waals surface area contributed by atoms with Gasteiger partial charge in [-0.1, -0.05) is 53.9 Å². The summed E-state index contributed by atoms with van der Waals surface area (Å²) < 4.78 is 16.1. The fourth-order valence-electron chi connectivity index (χ4n) is 4.08. The number of hydrogen-bond acceptors (Lipinski definition) is 9. The van der Waals surface area contributed by atoms with Crippen molar-refractivity contribution in [1.29, 1.82) is 0 Å². The summed E-state index contributed by atoms with van der Waals surface area (Å²) in [5.41, 5.74) is 1.36. The van der Waals surface area contributed by atoms with Crippen molar-refractivity contribution in [1.82, 2.24) is 0 Å². The SMILES string of the molecule is COC(=O)C1=C(C(=O)OC)SC(=C2C(=S)C(C)(C)N(C(=O)[C@@H]3CCCO3)c3ccccc32)S1. The van der Waals surface area contributed by atoms with Crippen LogP contribution in [0.5, 0.6) is 0 Å². The second-order valence-corrected chi connectivity index (χ2v) is 10.8. The molecule has 0 unspecified atom stereocenters. The van der Waals surface area contributed by atoms with Crippen molar-refractivity contribution in [2.24, 2.45) is 0 Å². The van der Waals surface area contributed by atoms with Gasteiger partial charge in [0, 0.05) is 17.7 Å². The molecule has 1 saturated heterocycles. The fraction of sp³-hybridized carbons (Fsp3) is 0.391. The Kier molecular flexibility index (Phi) is 6.73. The maximum atomic E-state index is 13.5. The van der Waals surface area contributed by atoms with E-state index in [1.54, 1.807) is 4.90 Å². The number of carbonyl (C=O) groups excluding carboxylic acids is 3. The summed E-state index contributed by atoms with van der Waals surface area (Å²) in [7, 11) is 2.53. The van der Waals surface area contributed by atoms with Crippen LogP contribution >= 0.6 is 35.7 Å². The molecule has 1 atom stereocenters. The number of rotatable bonds is 3. The molecule has 10 heteroatoms. The first-order chi connectivity index (χ1) is 15.7. The van der Waals surface area contributed by atoms with Gasteiger partial charge in [-0.3, -0.25) is 9.69 Å². The fourth-order valence-corrected chi connectivity index (χ4v) is 7.11. The van der Waals surface area contributed by atoms with Crippen LogP contribution < -0.4 is 4.90 Å². The summed E-state index contributed by atoms with van der Waals surface area (Å²) in [6.07, 6.45) is 1.02. The van der Waals surface area contributed by atoms with Gasteiger partial charge in [-0.05, 0) is 32.8 Å². The predicted molar refractivity (Wildman–Crippen MR) is 133 cm³/mol. The molecular weight excluding hydrogens is 482 g/mol. The van der Waals surface area contributed by atoms with Crippen molar-refractivity contribution < 1.29 is 28.6 Å². The summed E-state index contributed by atoms with van der Waals surface area (Å²) in [6.45, 7) is 4.37. The third-order valence-electron chi connectivity index (χ3n) is 5.72. The van der Waals surface area contributed by atoms with Crippen molar-refractivity contribution >= 4 is 69.7 Å². The molecule has 1 aromatic rings. The molecule has 3 aliphatic rings. The highest BCUT2D eigenvalue weighted by atomic mass is 32.2. The molecule has 3 aliphatic heterocycles. The van der Waals surface area contributed by atoms with Crippen molar-refractivity contribution in [3.8, 4) is 0 Å². The van der Waals surface area contributed by atoms with Crippen LogP contribution in [0.1, 0.15) is 32.3 Å². The highest BCUT2D eigenvalue weighted by Gasteiger charge is 2.47. The molecule has 0 aromatic heterocycles. The average Bonchev–Trinajstić information content (AvgIpc) is 3.49. The standard InChI is InChI=1S/C23H23NO6S3/c1-23(2)18(31)15(22-32-16(20(26)28-3)17(33-22)21(27)29-4)12-8-5-6-9-13(12)24(23)19(25)14-10-7-11-30-14/h5-6,8-9,14H,7,10-11H2,1-4H3/t14-/m0/s1. The van der Waals surface area contributed by atoms with Crippen LogP contribution in [0, 0.1) is 0 Å². The summed E-state index contributed by atoms with van der Waals surface area (Å²) in [5.74, 6) is -1.35. The molecule has 0 radical (unpaired) electrons. The minimum absolute atomic E-state index is 0.119. The van der Waals surface area contributed by atoms with E-state index >= 15 is 0 Å². The van der Waals surface area contributed by atoms with Gasteiger partial charge in [0.25, 0.3) is 5.91 Å². The summed E-state index contributed by atoms with van der Waals surface area (Å²) >= 11 is 8.21. The molecule has 3 heterocycles. The zero-order valence-corrected chi connectivity index (χ0v) is 21.1. The van der Waals surface area contributed by atoms with Crippen LogP contribution in [0.2, 0.25) is 0 Å². The Morgan fingerprint density at radius 1 is 1.09 bits per heavy atom. The zero-order valence-electron chi connectivity index (χ0n) is 18.6. The maximum absolute atomic E-state index is 13.5. The van der Waals surface area contributed by atoms with Crippen LogP contribution in [0.4, 0.5) is 5.69 Å². The van der Waals surface area contributed by atoms with Gasteiger partial charge in [-0.2, -0.15) is 0 Å². The number of amides is 1. The van der Waals surface area contributed by atoms with E-state index in [2.05, 4.69) is 0 Å². The topological polar surface area (TPSA) is 82.1 Å². The molecule has 0 N–H and O–H groups in total. The molecule has 1 fully saturated rings. The quantitative estimate of drug-likeness (QED) is 0.343. The molecule has 7 nitrogen and oxygen atoms in total. The van der Waals surface area contributed by atoms with E-state index in [0.717, 1.165) is 41.1 Å². The second-order valence-electron chi connectivity index (χ2n) is 8.09. The number of fused-ring (bicyclic) bond motifs is 1. The van der Waals surface area contributed by atoms with Crippen molar-refractivity contribution in [2.45, 2.75) is 38.3 Å². The van der Waals surface area contributed by atoms with E-state index in [4.69, 9.17) is 26.4 Å². The number of thiocarbonyl (C=S) groups is 1. The lowest BCUT2D eigenvalue weighted by Crippen LogP contribution is -2.58. The second kappa shape index (κ2) is 9.25. The van der Waals surface area contributed by atoms with Crippen LogP contribution in [0.3, 0.4) is 0 Å². The smallest absolute Gasteiger partial charge is 0.346 e. The van der Waals surface area contributed by atoms with Gasteiger partial charge >= 0.3 is 11.9 Å². The first-order valence-corrected chi connectivity index (χ1v) is 12.4. The Balaban J connectivity index is 1.85. The molecule has 33 heavy (non-hydrogen) atoms. The monoisotopic (exact) mass is 505 g/mol. The number of benzene rings is 1. The Labute approximate surface area is 205 Å². The molecule has 0 bridgehead atoms. The lowest BCUT2D eigenvalue weighted by atomic mass is 9.83. The van der Waals surface area contributed by atoms with Gasteiger partial charge < -0.3 is 14.2 Å². The first kappa shape index (κ1) is 24.0. The number of carbonyl (C=O) groups is 3. The minimum Gasteiger partial charge on any atom is -0.465 e. The number of thioether (sulfide) groups is 2. The normalized spacial score (nSPS) is 21.9. The van der Waals surface area contributed by atoms with Gasteiger partial charge in [-0.25, -0.2) is 9.59 Å². The predicted octanol–water partition coefficient (Wildman–Crippen LogP) is 4.07. The summed E-state index contributed by atoms with van der Waals surface area (Å²) in [5, 5.41) is 0. The number of hydrogen-bond donors (Lipinski definition) is 0. The van der Waals surface area contributed by atoms with Crippen molar-refractivity contribution in [2.75, 3.05) is 25.7 Å². The summed E-state index contributed by atoms with van der Waals surface area (Å²) in [4.78, 5) is 40.8. The van der Waals surface area contributed by atoms with E-state index in [0.29, 0.717) is 27.8 Å². The number of ether oxygens (including phenoxy) is 3. The van der Waals surface area contributed by atoms with Crippen LogP contribution in [-0.2, 0) is 28.6 Å². The number of nitrogens with zero attached hydrogens (tertiary/aromatic N) is 1. The van der Waals surface area contributed by atoms with Gasteiger partial charge in [0.15, 0.2) is 0 Å². The lowest BCUT2D eigenvalue weighted by Gasteiger charge is -2.46. The Hall–Kier alpha value is -2.14. The average molecular weight is 506 g/mol. The lowest BCUT2D eigenvalue weighted by molar-refractivity contribution is -0.138. The number of methoxy groups -OCH3 is 2. The highest BCUT2D eigenvalue weighted by molar-refractivity contribution is 8.29. The van der Waals surface area contributed by atoms with E-state index in [9.17, 15) is 14.4 Å². The molecule has 0 saturated carbocycles. The molecule has 1 amide bonds. The Bertz CT molecular complexity index is 1090. The van der Waals surface area contributed by atoms with Crippen molar-refractivity contribution in [3.05, 3.63) is 43.9 Å². The Morgan fingerprint density at radius 3 is 2.24 bits per heavy atom. The first-order valence-electron chi connectivity index (χ1n) is 10.3. The number of anilines is 1. The largest absolute Gasteiger partial charge is 0.465 e. The highest BCUT2D eigenvalue weighted by Crippen LogP contribution is 2.56. The van der Waals surface area contributed by atoms with Crippen LogP contribution in [0.25, 0.3) is 5.57 Å². The van der Waals surface area contributed by atoms with Crippen LogP contribution in [-0.4, -0.2) is 55.2 Å². The maximum Gasteiger partial charge on any atom is 0.346 e. The van der Waals surface area contributed by atoms with Gasteiger partial charge in [-0.15, -0.1) is 0 Å². The molecule has 174 valence electrons.